The largest absolute Gasteiger partial charge is 0.478 e. The van der Waals surface area contributed by atoms with Crippen molar-refractivity contribution in [1.82, 2.24) is 0 Å². The van der Waals surface area contributed by atoms with Crippen molar-refractivity contribution in [3.05, 3.63) is 75.0 Å². The maximum Gasteiger partial charge on any atom is 0.328 e. The highest BCUT2D eigenvalue weighted by atomic mass is 32.1. The molecule has 2 rings (SSSR count). The van der Waals surface area contributed by atoms with Gasteiger partial charge < -0.3 is 14.0 Å². The Bertz CT molecular complexity index is 1170. The number of aryl methyl sites for hydroxylation is 2. The summed E-state index contributed by atoms with van der Waals surface area (Å²) in [5.41, 5.74) is 6.29. The number of allylic oxidation sites excluding steroid dienone is 3. The number of carboxylic acids is 1. The number of carbonyl (C=O) groups is 1. The first-order valence-corrected chi connectivity index (χ1v) is 21.1. The lowest BCUT2D eigenvalue weighted by Gasteiger charge is -2.39. The number of aliphatic carboxylic acids is 1. The van der Waals surface area contributed by atoms with Crippen LogP contribution in [0.2, 0.25) is 26.2 Å². The highest BCUT2D eigenvalue weighted by Gasteiger charge is 2.35. The van der Waals surface area contributed by atoms with Crippen LogP contribution in [0.25, 0.3) is 5.57 Å². The predicted molar refractivity (Wildman–Crippen MR) is 178 cm³/mol. The second-order valence-electron chi connectivity index (χ2n) is 13.4. The van der Waals surface area contributed by atoms with E-state index in [1.807, 2.05) is 6.08 Å². The van der Waals surface area contributed by atoms with Gasteiger partial charge in [-0.05, 0) is 95.6 Å². The third-order valence-corrected chi connectivity index (χ3v) is 9.38. The number of hydrogen-bond donors (Lipinski definition) is 1. The maximum atomic E-state index is 10.8. The van der Waals surface area contributed by atoms with Crippen molar-refractivity contribution in [3.63, 3.8) is 0 Å². The van der Waals surface area contributed by atoms with Crippen LogP contribution in [0.5, 0.6) is 0 Å². The fourth-order valence-corrected chi connectivity index (χ4v) is 8.11. The fraction of sp³-hybridized carbons (Fsp3) is 0.545. The lowest BCUT2D eigenvalue weighted by molar-refractivity contribution is -0.131. The lowest BCUT2D eigenvalue weighted by Crippen LogP contribution is -2.31. The van der Waals surface area contributed by atoms with Gasteiger partial charge in [0.25, 0.3) is 0 Å². The summed E-state index contributed by atoms with van der Waals surface area (Å²) in [6.45, 7) is 24.8. The molecule has 2 aromatic rings. The van der Waals surface area contributed by atoms with Crippen molar-refractivity contribution in [2.45, 2.75) is 106 Å². The van der Waals surface area contributed by atoms with E-state index in [4.69, 9.17) is 14.0 Å². The molecule has 0 spiro atoms. The van der Waals surface area contributed by atoms with Gasteiger partial charge in [0.2, 0.25) is 0 Å². The zero-order chi connectivity index (χ0) is 30.3. The molecule has 0 saturated heterocycles. The van der Waals surface area contributed by atoms with Gasteiger partial charge >= 0.3 is 5.97 Å². The van der Waals surface area contributed by atoms with E-state index in [2.05, 4.69) is 104 Å². The summed E-state index contributed by atoms with van der Waals surface area (Å²) in [7, 11) is -2.58. The van der Waals surface area contributed by atoms with Gasteiger partial charge in [-0.25, -0.2) is 4.79 Å². The first kappa shape index (κ1) is 34.4. The van der Waals surface area contributed by atoms with Crippen LogP contribution in [0.3, 0.4) is 0 Å². The van der Waals surface area contributed by atoms with Crippen LogP contribution in [0.4, 0.5) is 0 Å². The van der Waals surface area contributed by atoms with E-state index >= 15 is 0 Å². The van der Waals surface area contributed by atoms with Crippen LogP contribution in [0, 0.1) is 10.8 Å². The van der Waals surface area contributed by atoms with Crippen molar-refractivity contribution in [2.24, 2.45) is 10.8 Å². The minimum Gasteiger partial charge on any atom is -0.478 e. The van der Waals surface area contributed by atoms with Gasteiger partial charge in [-0.15, -0.1) is 11.3 Å². The average Bonchev–Trinajstić information content (AvgIpc) is 3.29. The van der Waals surface area contributed by atoms with Gasteiger partial charge in [0.05, 0.1) is 12.2 Å². The Kier molecular flexibility index (Phi) is 12.8. The third kappa shape index (κ3) is 10.6. The quantitative estimate of drug-likeness (QED) is 0.141. The monoisotopic (exact) mass is 600 g/mol. The third-order valence-electron chi connectivity index (χ3n) is 6.70. The lowest BCUT2D eigenvalue weighted by atomic mass is 9.77. The molecule has 0 radical (unpaired) electrons. The Hall–Kier alpha value is -1.78. The van der Waals surface area contributed by atoms with Gasteiger partial charge in [-0.1, -0.05) is 78.8 Å². The van der Waals surface area contributed by atoms with Crippen molar-refractivity contribution in [2.75, 3.05) is 0 Å². The van der Waals surface area contributed by atoms with Crippen LogP contribution < -0.4 is 0 Å². The number of hydrogen-bond acceptors (Lipinski definition) is 4. The standard InChI is InChI=1S/C33H52O4SSi2/c1-12-25(14-13-15-29(34)35)28-21-24(22-38-28)17-16-23-18-19-26(30(32(2,3)4)36-39(8)9)27(20-23)31(33(5,6)7)37-40(10)11/h13-15,18-22,30-31,39-40H,12,16-17H2,1-11H3,(H,34,35). The van der Waals surface area contributed by atoms with Crippen LogP contribution in [0.1, 0.15) is 94.2 Å². The minimum atomic E-state index is -1.30. The molecule has 0 amide bonds. The number of rotatable bonds is 13. The molecule has 1 aromatic carbocycles. The minimum absolute atomic E-state index is 0.0141. The van der Waals surface area contributed by atoms with Crippen molar-refractivity contribution in [1.29, 1.82) is 0 Å². The van der Waals surface area contributed by atoms with Gasteiger partial charge in [-0.3, -0.25) is 0 Å². The van der Waals surface area contributed by atoms with E-state index in [0.29, 0.717) is 0 Å². The van der Waals surface area contributed by atoms with Gasteiger partial charge in [0, 0.05) is 11.0 Å². The molecule has 0 bridgehead atoms. The summed E-state index contributed by atoms with van der Waals surface area (Å²) in [5, 5.41) is 11.1. The fourth-order valence-electron chi connectivity index (χ4n) is 4.86. The molecule has 1 heterocycles. The number of carboxylic acid groups (broad SMARTS) is 1. The number of thiophene rings is 1. The zero-order valence-corrected chi connectivity index (χ0v) is 29.8. The molecular formula is C33H52O4SSi2. The molecule has 2 unspecified atom stereocenters. The molecule has 1 aromatic heterocycles. The van der Waals surface area contributed by atoms with Crippen molar-refractivity contribution >= 4 is 41.0 Å². The highest BCUT2D eigenvalue weighted by molar-refractivity contribution is 7.11. The SMILES string of the molecule is CCC(=CC=CC(=O)O)c1cc(CCc2ccc(C(O[SiH](C)C)C(C)(C)C)c(C(O[SiH](C)C)C(C)(C)C)c2)cs1. The molecule has 0 saturated carbocycles. The van der Waals surface area contributed by atoms with Gasteiger partial charge in [-0.2, -0.15) is 0 Å². The molecule has 0 aliphatic carbocycles. The van der Waals surface area contributed by atoms with Crippen LogP contribution in [0.15, 0.2) is 47.9 Å². The van der Waals surface area contributed by atoms with Crippen molar-refractivity contribution < 1.29 is 18.8 Å². The molecular weight excluding hydrogens is 549 g/mol. The molecule has 1 N–H and O–H groups in total. The molecule has 0 fully saturated rings. The number of benzene rings is 1. The molecule has 0 aliphatic rings. The van der Waals surface area contributed by atoms with E-state index in [0.717, 1.165) is 24.8 Å². The molecule has 222 valence electrons. The van der Waals surface area contributed by atoms with Crippen molar-refractivity contribution in [3.8, 4) is 0 Å². The van der Waals surface area contributed by atoms with Crippen LogP contribution in [-0.4, -0.2) is 29.2 Å². The van der Waals surface area contributed by atoms with E-state index < -0.39 is 24.0 Å². The summed E-state index contributed by atoms with van der Waals surface area (Å²) in [4.78, 5) is 12.0. The summed E-state index contributed by atoms with van der Waals surface area (Å²) >= 11 is 1.73. The van der Waals surface area contributed by atoms with E-state index in [1.165, 1.54) is 33.2 Å². The van der Waals surface area contributed by atoms with E-state index in [9.17, 15) is 4.79 Å². The van der Waals surface area contributed by atoms with E-state index in [1.54, 1.807) is 17.4 Å². The zero-order valence-electron chi connectivity index (χ0n) is 26.6. The smallest absolute Gasteiger partial charge is 0.328 e. The second-order valence-corrected chi connectivity index (χ2v) is 19.0. The highest BCUT2D eigenvalue weighted by Crippen LogP contribution is 2.45. The Balaban J connectivity index is 2.45. The second kappa shape index (κ2) is 14.9. The van der Waals surface area contributed by atoms with E-state index in [-0.39, 0.29) is 23.0 Å². The Morgan fingerprint density at radius 2 is 1.45 bits per heavy atom. The van der Waals surface area contributed by atoms with Gasteiger partial charge in [0.1, 0.15) is 0 Å². The first-order valence-electron chi connectivity index (χ1n) is 14.6. The molecule has 0 aliphatic heterocycles. The van der Waals surface area contributed by atoms with Crippen LogP contribution >= 0.6 is 11.3 Å². The molecule has 7 heteroatoms. The summed E-state index contributed by atoms with van der Waals surface area (Å²) in [6.07, 6.45) is 7.51. The Morgan fingerprint density at radius 1 is 0.900 bits per heavy atom. The summed E-state index contributed by atoms with van der Waals surface area (Å²) in [6, 6.07) is 9.25. The summed E-state index contributed by atoms with van der Waals surface area (Å²) < 4.78 is 13.5. The molecule has 4 nitrogen and oxygen atoms in total. The molecule has 2 atom stereocenters. The Morgan fingerprint density at radius 3 is 1.95 bits per heavy atom. The normalized spacial score (nSPS) is 14.9. The molecule has 40 heavy (non-hydrogen) atoms. The van der Waals surface area contributed by atoms with Crippen LogP contribution in [-0.2, 0) is 26.5 Å². The van der Waals surface area contributed by atoms with Gasteiger partial charge in [0.15, 0.2) is 18.1 Å². The average molecular weight is 601 g/mol. The first-order chi connectivity index (χ1) is 18.5. The Labute approximate surface area is 251 Å². The predicted octanol–water partition coefficient (Wildman–Crippen LogP) is 9.14. The summed E-state index contributed by atoms with van der Waals surface area (Å²) in [5.74, 6) is -0.925. The topological polar surface area (TPSA) is 55.8 Å². The maximum absolute atomic E-state index is 10.8.